The van der Waals surface area contributed by atoms with Crippen LogP contribution in [0.2, 0.25) is 0 Å². The second-order valence-corrected chi connectivity index (χ2v) is 6.80. The molecule has 148 valence electrons. The quantitative estimate of drug-likeness (QED) is 0.448. The normalized spacial score (nSPS) is 11.3. The first-order valence-corrected chi connectivity index (χ1v) is 9.46. The van der Waals surface area contributed by atoms with Crippen molar-refractivity contribution in [1.82, 2.24) is 29.9 Å². The molecule has 0 unspecified atom stereocenters. The van der Waals surface area contributed by atoms with Crippen LogP contribution in [-0.2, 0) is 6.54 Å². The molecule has 2 aromatic carbocycles. The molecule has 0 saturated heterocycles. The Hall–Kier alpha value is -3.94. The van der Waals surface area contributed by atoms with Gasteiger partial charge in [-0.1, -0.05) is 6.07 Å². The number of ether oxygens (including phenoxy) is 1. The van der Waals surface area contributed by atoms with Gasteiger partial charge >= 0.3 is 0 Å². The van der Waals surface area contributed by atoms with Crippen molar-refractivity contribution in [1.29, 1.82) is 0 Å². The van der Waals surface area contributed by atoms with Crippen LogP contribution in [0.4, 0.5) is 4.39 Å². The highest BCUT2D eigenvalue weighted by molar-refractivity contribution is 5.92. The minimum atomic E-state index is -0.351. The van der Waals surface area contributed by atoms with Crippen LogP contribution in [0.1, 0.15) is 6.92 Å². The Morgan fingerprint density at radius 1 is 1.00 bits per heavy atom. The van der Waals surface area contributed by atoms with Crippen molar-refractivity contribution < 1.29 is 9.13 Å². The van der Waals surface area contributed by atoms with Gasteiger partial charge in [-0.05, 0) is 36.8 Å². The van der Waals surface area contributed by atoms with Gasteiger partial charge in [-0.25, -0.2) is 9.37 Å². The van der Waals surface area contributed by atoms with Gasteiger partial charge in [-0.3, -0.25) is 0 Å². The van der Waals surface area contributed by atoms with Crippen LogP contribution in [-0.4, -0.2) is 37.1 Å². The van der Waals surface area contributed by atoms with Crippen LogP contribution in [0.3, 0.4) is 0 Å². The topological polar surface area (TPSA) is 78.6 Å². The van der Waals surface area contributed by atoms with Gasteiger partial charge in [0.05, 0.1) is 31.3 Å². The fraction of sp³-hybridized carbons (Fsp3) is 0.136. The van der Waals surface area contributed by atoms with Crippen molar-refractivity contribution in [2.24, 2.45) is 0 Å². The molecule has 0 bridgehead atoms. The molecule has 5 rings (SSSR count). The molecule has 0 saturated carbocycles. The maximum absolute atomic E-state index is 14.9. The van der Waals surface area contributed by atoms with E-state index >= 15 is 0 Å². The van der Waals surface area contributed by atoms with E-state index in [0.29, 0.717) is 28.0 Å². The number of methoxy groups -OCH3 is 1. The smallest absolute Gasteiger partial charge is 0.183 e. The SMILES string of the molecule is CCn1cnc2c(-c3ccc(F)c(-c4cc5ccnnc5cc4OC)c3)cnnc21. The second kappa shape index (κ2) is 7.14. The fourth-order valence-electron chi connectivity index (χ4n) is 3.61. The average molecular weight is 400 g/mol. The number of nitrogens with zero attached hydrogens (tertiary/aromatic N) is 6. The van der Waals surface area contributed by atoms with Gasteiger partial charge in [0.2, 0.25) is 0 Å². The molecule has 3 heterocycles. The fourth-order valence-corrected chi connectivity index (χ4v) is 3.61. The molecule has 0 aliphatic rings. The number of hydrogen-bond acceptors (Lipinski definition) is 6. The molecule has 3 aromatic heterocycles. The lowest BCUT2D eigenvalue weighted by Crippen LogP contribution is -1.96. The first-order chi connectivity index (χ1) is 14.7. The Labute approximate surface area is 171 Å². The zero-order valence-electron chi connectivity index (χ0n) is 16.4. The van der Waals surface area contributed by atoms with E-state index in [1.54, 1.807) is 44.0 Å². The Kier molecular flexibility index (Phi) is 4.31. The highest BCUT2D eigenvalue weighted by atomic mass is 19.1. The van der Waals surface area contributed by atoms with Gasteiger partial charge in [-0.2, -0.15) is 15.3 Å². The van der Waals surface area contributed by atoms with Gasteiger partial charge in [-0.15, -0.1) is 5.10 Å². The van der Waals surface area contributed by atoms with Crippen molar-refractivity contribution in [3.8, 4) is 28.0 Å². The highest BCUT2D eigenvalue weighted by Gasteiger charge is 2.16. The van der Waals surface area contributed by atoms with Gasteiger partial charge in [0.1, 0.15) is 17.1 Å². The summed E-state index contributed by atoms with van der Waals surface area (Å²) >= 11 is 0. The highest BCUT2D eigenvalue weighted by Crippen LogP contribution is 2.37. The number of rotatable bonds is 4. The average Bonchev–Trinajstić information content (AvgIpc) is 3.22. The summed E-state index contributed by atoms with van der Waals surface area (Å²) in [6.45, 7) is 2.75. The Morgan fingerprint density at radius 2 is 1.90 bits per heavy atom. The second-order valence-electron chi connectivity index (χ2n) is 6.80. The van der Waals surface area contributed by atoms with Crippen LogP contribution in [0.15, 0.2) is 55.1 Å². The van der Waals surface area contributed by atoms with E-state index in [4.69, 9.17) is 4.74 Å². The Bertz CT molecular complexity index is 1400. The Morgan fingerprint density at radius 3 is 2.73 bits per heavy atom. The van der Waals surface area contributed by atoms with Crippen molar-refractivity contribution >= 4 is 22.1 Å². The van der Waals surface area contributed by atoms with E-state index in [0.717, 1.165) is 28.6 Å². The summed E-state index contributed by atoms with van der Waals surface area (Å²) in [4.78, 5) is 4.49. The molecule has 0 radical (unpaired) electrons. The van der Waals surface area contributed by atoms with Crippen molar-refractivity contribution in [3.63, 3.8) is 0 Å². The summed E-state index contributed by atoms with van der Waals surface area (Å²) < 4.78 is 22.4. The maximum atomic E-state index is 14.9. The van der Waals surface area contributed by atoms with Crippen molar-refractivity contribution in [2.75, 3.05) is 7.11 Å². The molecule has 0 amide bonds. The van der Waals surface area contributed by atoms with E-state index in [2.05, 4.69) is 25.4 Å². The molecular weight excluding hydrogens is 383 g/mol. The molecule has 0 fully saturated rings. The van der Waals surface area contributed by atoms with Gasteiger partial charge in [0, 0.05) is 34.7 Å². The summed E-state index contributed by atoms with van der Waals surface area (Å²) in [7, 11) is 1.55. The first kappa shape index (κ1) is 18.1. The number of fused-ring (bicyclic) bond motifs is 2. The largest absolute Gasteiger partial charge is 0.496 e. The van der Waals surface area contributed by atoms with Crippen LogP contribution in [0.5, 0.6) is 5.75 Å². The molecule has 0 atom stereocenters. The zero-order chi connectivity index (χ0) is 20.7. The van der Waals surface area contributed by atoms with E-state index in [1.807, 2.05) is 23.6 Å². The molecule has 8 heteroatoms. The molecular formula is C22H17FN6O. The van der Waals surface area contributed by atoms with Gasteiger partial charge < -0.3 is 9.30 Å². The van der Waals surface area contributed by atoms with Crippen LogP contribution >= 0.6 is 0 Å². The number of aryl methyl sites for hydroxylation is 1. The molecule has 30 heavy (non-hydrogen) atoms. The van der Waals surface area contributed by atoms with E-state index in [1.165, 1.54) is 6.07 Å². The lowest BCUT2D eigenvalue weighted by atomic mass is 9.97. The number of aromatic nitrogens is 6. The lowest BCUT2D eigenvalue weighted by molar-refractivity contribution is 0.416. The standard InChI is InChI=1S/C22H17FN6O/c1-3-29-12-24-21-17(11-26-28-22(21)29)13-4-5-18(23)15(8-13)16-9-14-6-7-25-27-19(14)10-20(16)30-2/h4-12H,3H2,1-2H3. The molecule has 0 aliphatic heterocycles. The number of imidazole rings is 1. The molecule has 0 aliphatic carbocycles. The van der Waals surface area contributed by atoms with Gasteiger partial charge in [0.15, 0.2) is 5.65 Å². The minimum absolute atomic E-state index is 0.351. The minimum Gasteiger partial charge on any atom is -0.496 e. The van der Waals surface area contributed by atoms with Crippen LogP contribution in [0, 0.1) is 5.82 Å². The van der Waals surface area contributed by atoms with Crippen LogP contribution < -0.4 is 4.74 Å². The third-order valence-electron chi connectivity index (χ3n) is 5.15. The van der Waals surface area contributed by atoms with Gasteiger partial charge in [0.25, 0.3) is 0 Å². The maximum Gasteiger partial charge on any atom is 0.183 e. The monoisotopic (exact) mass is 400 g/mol. The molecule has 0 N–H and O–H groups in total. The Balaban J connectivity index is 1.72. The summed E-state index contributed by atoms with van der Waals surface area (Å²) in [6.07, 6.45) is 5.00. The van der Waals surface area contributed by atoms with Crippen molar-refractivity contribution in [3.05, 3.63) is 60.9 Å². The zero-order valence-corrected chi connectivity index (χ0v) is 16.4. The number of halogens is 1. The third-order valence-corrected chi connectivity index (χ3v) is 5.15. The lowest BCUT2D eigenvalue weighted by Gasteiger charge is -2.12. The predicted octanol–water partition coefficient (Wildman–Crippen LogP) is 4.27. The van der Waals surface area contributed by atoms with E-state index < -0.39 is 0 Å². The predicted molar refractivity (Wildman–Crippen MR) is 111 cm³/mol. The molecule has 7 nitrogen and oxygen atoms in total. The molecule has 5 aromatic rings. The third kappa shape index (κ3) is 2.85. The first-order valence-electron chi connectivity index (χ1n) is 9.46. The summed E-state index contributed by atoms with van der Waals surface area (Å²) in [5.74, 6) is 0.170. The number of benzene rings is 2. The van der Waals surface area contributed by atoms with Crippen molar-refractivity contribution in [2.45, 2.75) is 13.5 Å². The van der Waals surface area contributed by atoms with E-state index in [9.17, 15) is 4.39 Å². The summed E-state index contributed by atoms with van der Waals surface area (Å²) in [6, 6.07) is 10.4. The molecule has 0 spiro atoms. The summed E-state index contributed by atoms with van der Waals surface area (Å²) in [5.41, 5.74) is 4.74. The van der Waals surface area contributed by atoms with Crippen LogP contribution in [0.25, 0.3) is 44.3 Å². The summed E-state index contributed by atoms with van der Waals surface area (Å²) in [5, 5.41) is 17.2. The number of hydrogen-bond donors (Lipinski definition) is 0. The van der Waals surface area contributed by atoms with E-state index in [-0.39, 0.29) is 5.82 Å².